The van der Waals surface area contributed by atoms with Gasteiger partial charge in [-0.15, -0.1) is 6.58 Å². The van der Waals surface area contributed by atoms with E-state index in [4.69, 9.17) is 9.47 Å². The van der Waals surface area contributed by atoms with Crippen LogP contribution in [0.4, 0.5) is 4.79 Å². The van der Waals surface area contributed by atoms with Crippen LogP contribution in [-0.2, 0) is 19.1 Å². The fourth-order valence-corrected chi connectivity index (χ4v) is 5.16. The van der Waals surface area contributed by atoms with E-state index in [0.29, 0.717) is 5.75 Å². The largest absolute Gasteiger partial charge is 0.488 e. The number of amides is 3. The molecule has 40 heavy (non-hydrogen) atoms. The van der Waals surface area contributed by atoms with E-state index in [1.165, 1.54) is 11.0 Å². The molecule has 1 saturated heterocycles. The molecule has 2 aromatic carbocycles. The highest BCUT2D eigenvalue weighted by Crippen LogP contribution is 2.45. The van der Waals surface area contributed by atoms with Crippen LogP contribution in [0.5, 0.6) is 5.75 Å². The van der Waals surface area contributed by atoms with Crippen molar-refractivity contribution in [3.05, 3.63) is 55.1 Å². The van der Waals surface area contributed by atoms with E-state index in [1.807, 2.05) is 42.5 Å². The highest BCUT2D eigenvalue weighted by molar-refractivity contribution is 5.96. The van der Waals surface area contributed by atoms with Crippen LogP contribution in [0.1, 0.15) is 47.0 Å². The molecule has 1 heterocycles. The Hall–Kier alpha value is -4.08. The summed E-state index contributed by atoms with van der Waals surface area (Å²) in [6.07, 6.45) is 0.864. The zero-order chi connectivity index (χ0) is 29.2. The number of likely N-dealkylation sites (tertiary alicyclic amines) is 1. The van der Waals surface area contributed by atoms with Crippen molar-refractivity contribution in [2.75, 3.05) is 6.54 Å². The molecule has 214 valence electrons. The molecule has 1 aliphatic heterocycles. The molecular formula is C30H37N3O7. The van der Waals surface area contributed by atoms with E-state index in [2.05, 4.69) is 17.2 Å². The van der Waals surface area contributed by atoms with Crippen molar-refractivity contribution in [1.82, 2.24) is 15.5 Å². The summed E-state index contributed by atoms with van der Waals surface area (Å²) >= 11 is 0. The lowest BCUT2D eigenvalue weighted by molar-refractivity contribution is -0.145. The molecule has 1 aliphatic carbocycles. The maximum Gasteiger partial charge on any atom is 0.408 e. The van der Waals surface area contributed by atoms with Gasteiger partial charge in [0.15, 0.2) is 0 Å². The topological polar surface area (TPSA) is 134 Å². The van der Waals surface area contributed by atoms with Crippen molar-refractivity contribution in [1.29, 1.82) is 0 Å². The minimum Gasteiger partial charge on any atom is -0.488 e. The number of carboxylic acids is 1. The molecule has 0 aromatic heterocycles. The van der Waals surface area contributed by atoms with Crippen LogP contribution >= 0.6 is 0 Å². The summed E-state index contributed by atoms with van der Waals surface area (Å²) in [6, 6.07) is 11.5. The molecule has 3 N–H and O–H groups in total. The van der Waals surface area contributed by atoms with Crippen LogP contribution in [0.2, 0.25) is 0 Å². The van der Waals surface area contributed by atoms with Crippen molar-refractivity contribution in [3.63, 3.8) is 0 Å². The maximum absolute atomic E-state index is 13.7. The third-order valence-corrected chi connectivity index (χ3v) is 7.32. The lowest BCUT2D eigenvalue weighted by atomic mass is 10.1. The lowest BCUT2D eigenvalue weighted by Crippen LogP contribution is -2.56. The van der Waals surface area contributed by atoms with E-state index in [-0.39, 0.29) is 25.8 Å². The van der Waals surface area contributed by atoms with Crippen molar-refractivity contribution in [2.45, 2.75) is 76.3 Å². The number of hydrogen-bond donors (Lipinski definition) is 3. The average Bonchev–Trinajstić information content (AvgIpc) is 3.46. The van der Waals surface area contributed by atoms with Gasteiger partial charge < -0.3 is 30.1 Å². The molecule has 4 rings (SSSR count). The minimum atomic E-state index is -1.44. The van der Waals surface area contributed by atoms with E-state index >= 15 is 0 Å². The number of nitrogens with zero attached hydrogens (tertiary/aromatic N) is 1. The summed E-state index contributed by atoms with van der Waals surface area (Å²) < 4.78 is 11.7. The molecule has 0 radical (unpaired) electrons. The molecule has 1 saturated carbocycles. The van der Waals surface area contributed by atoms with Gasteiger partial charge in [-0.05, 0) is 45.1 Å². The first kappa shape index (κ1) is 28.9. The van der Waals surface area contributed by atoms with Gasteiger partial charge >= 0.3 is 12.1 Å². The molecule has 10 heteroatoms. The van der Waals surface area contributed by atoms with E-state index < -0.39 is 59.1 Å². The smallest absolute Gasteiger partial charge is 0.408 e. The molecule has 5 atom stereocenters. The van der Waals surface area contributed by atoms with Gasteiger partial charge in [0.25, 0.3) is 0 Å². The molecular weight excluding hydrogens is 514 g/mol. The van der Waals surface area contributed by atoms with E-state index in [9.17, 15) is 24.3 Å². The summed E-state index contributed by atoms with van der Waals surface area (Å²) in [4.78, 5) is 53.1. The molecule has 2 aromatic rings. The molecule has 0 spiro atoms. The fraction of sp³-hybridized carbons (Fsp3) is 0.467. The number of carbonyl (C=O) groups excluding carboxylic acids is 3. The van der Waals surface area contributed by atoms with E-state index in [0.717, 1.165) is 10.8 Å². The number of carboxylic acid groups (broad SMARTS) is 1. The van der Waals surface area contributed by atoms with Gasteiger partial charge in [0.2, 0.25) is 11.8 Å². The van der Waals surface area contributed by atoms with Crippen LogP contribution in [0.3, 0.4) is 0 Å². The van der Waals surface area contributed by atoms with Crippen LogP contribution in [-0.4, -0.2) is 69.8 Å². The van der Waals surface area contributed by atoms with Gasteiger partial charge in [-0.2, -0.15) is 0 Å². The third kappa shape index (κ3) is 6.05. The number of alkyl carbamates (subject to hydrolysis) is 1. The number of hydrogen-bond acceptors (Lipinski definition) is 6. The number of nitrogens with one attached hydrogen (secondary N) is 2. The Balaban J connectivity index is 1.58. The van der Waals surface area contributed by atoms with Crippen molar-refractivity contribution in [3.8, 4) is 5.75 Å². The second-order valence-corrected chi connectivity index (χ2v) is 11.4. The monoisotopic (exact) mass is 551 g/mol. The number of rotatable bonds is 9. The van der Waals surface area contributed by atoms with Crippen LogP contribution in [0.15, 0.2) is 55.1 Å². The quantitative estimate of drug-likeness (QED) is 0.405. The number of fused-ring (bicyclic) bond motifs is 1. The Morgan fingerprint density at radius 1 is 1.18 bits per heavy atom. The SMILES string of the molecule is C=C[C@@H]1C[C@]1(NC(=O)[C@@H]1C[C@@H](Oc2cccc3ccccc23)CN1C(=O)[C@H](CC)NC(=O)OC(C)(C)C)C(=O)O. The fourth-order valence-electron chi connectivity index (χ4n) is 5.16. The summed E-state index contributed by atoms with van der Waals surface area (Å²) in [7, 11) is 0. The highest BCUT2D eigenvalue weighted by Gasteiger charge is 2.61. The molecule has 2 fully saturated rings. The number of ether oxygens (including phenoxy) is 2. The Kier molecular flexibility index (Phi) is 8.09. The zero-order valence-corrected chi connectivity index (χ0v) is 23.3. The third-order valence-electron chi connectivity index (χ3n) is 7.32. The Morgan fingerprint density at radius 2 is 1.88 bits per heavy atom. The standard InChI is InChI=1S/C30H37N3O7/c1-6-19-16-30(19,27(36)37)32-25(34)23-15-20(39-24-14-10-12-18-11-8-9-13-21(18)24)17-33(23)26(35)22(7-2)31-28(38)40-29(3,4)5/h6,8-14,19-20,22-23H,1,7,15-17H2,2-5H3,(H,31,38)(H,32,34)(H,36,37)/t19-,20-,22+,23+,30-/m1/s1. The average molecular weight is 552 g/mol. The summed E-state index contributed by atoms with van der Waals surface area (Å²) in [5.41, 5.74) is -2.20. The first-order valence-electron chi connectivity index (χ1n) is 13.5. The lowest BCUT2D eigenvalue weighted by Gasteiger charge is -2.29. The number of carbonyl (C=O) groups is 4. The second-order valence-electron chi connectivity index (χ2n) is 11.4. The molecule has 10 nitrogen and oxygen atoms in total. The van der Waals surface area contributed by atoms with Crippen molar-refractivity contribution < 1.29 is 33.8 Å². The number of aliphatic carboxylic acids is 1. The Bertz CT molecular complexity index is 1310. The first-order chi connectivity index (χ1) is 18.9. The van der Waals surface area contributed by atoms with Crippen molar-refractivity contribution in [2.24, 2.45) is 5.92 Å². The Morgan fingerprint density at radius 3 is 2.50 bits per heavy atom. The minimum absolute atomic E-state index is 0.0810. The number of benzene rings is 2. The van der Waals surface area contributed by atoms with Gasteiger partial charge in [-0.25, -0.2) is 9.59 Å². The molecule has 2 aliphatic rings. The Labute approximate surface area is 233 Å². The van der Waals surface area contributed by atoms with Crippen LogP contribution in [0.25, 0.3) is 10.8 Å². The first-order valence-corrected chi connectivity index (χ1v) is 13.5. The van der Waals surface area contributed by atoms with Gasteiger partial charge in [-0.1, -0.05) is 49.4 Å². The highest BCUT2D eigenvalue weighted by atomic mass is 16.6. The molecule has 0 unspecified atom stereocenters. The van der Waals surface area contributed by atoms with Crippen LogP contribution < -0.4 is 15.4 Å². The van der Waals surface area contributed by atoms with Gasteiger partial charge in [0.05, 0.1) is 6.54 Å². The molecule has 3 amide bonds. The summed E-state index contributed by atoms with van der Waals surface area (Å²) in [5.74, 6) is -2.00. The zero-order valence-electron chi connectivity index (χ0n) is 23.3. The molecule has 0 bridgehead atoms. The van der Waals surface area contributed by atoms with Gasteiger partial charge in [-0.3, -0.25) is 9.59 Å². The maximum atomic E-state index is 13.7. The predicted molar refractivity (Wildman–Crippen MR) is 149 cm³/mol. The summed E-state index contributed by atoms with van der Waals surface area (Å²) in [6.45, 7) is 10.7. The predicted octanol–water partition coefficient (Wildman–Crippen LogP) is 3.64. The second kappa shape index (κ2) is 11.2. The van der Waals surface area contributed by atoms with Gasteiger partial charge in [0, 0.05) is 17.7 Å². The van der Waals surface area contributed by atoms with Gasteiger partial charge in [0.1, 0.15) is 35.1 Å². The summed E-state index contributed by atoms with van der Waals surface area (Å²) in [5, 5.41) is 17.0. The normalized spacial score (nSPS) is 24.6. The van der Waals surface area contributed by atoms with E-state index in [1.54, 1.807) is 27.7 Å². The van der Waals surface area contributed by atoms with Crippen LogP contribution in [0, 0.1) is 5.92 Å². The van der Waals surface area contributed by atoms with Crippen molar-refractivity contribution >= 4 is 34.6 Å².